The zero-order valence-electron chi connectivity index (χ0n) is 17.6. The molecule has 1 atom stereocenters. The Balaban J connectivity index is 1.30. The van der Waals surface area contributed by atoms with Gasteiger partial charge in [0.05, 0.1) is 6.26 Å². The number of methoxy groups -OCH3 is 1. The summed E-state index contributed by atoms with van der Waals surface area (Å²) >= 11 is 0. The molecule has 1 saturated heterocycles. The first-order valence-corrected chi connectivity index (χ1v) is 11.2. The van der Waals surface area contributed by atoms with Crippen LogP contribution in [0.25, 0.3) is 11.3 Å². The summed E-state index contributed by atoms with van der Waals surface area (Å²) in [4.78, 5) is 14.4. The summed E-state index contributed by atoms with van der Waals surface area (Å²) in [6, 6.07) is 9.37. The molecule has 2 aliphatic carbocycles. The summed E-state index contributed by atoms with van der Waals surface area (Å²) in [6.07, 6.45) is 11.6. The Kier molecular flexibility index (Phi) is 6.88. The van der Waals surface area contributed by atoms with E-state index in [0.29, 0.717) is 12.1 Å². The lowest BCUT2D eigenvalue weighted by Crippen LogP contribution is -2.40. The van der Waals surface area contributed by atoms with E-state index in [1.807, 2.05) is 6.26 Å². The molecule has 0 radical (unpaired) electrons. The third-order valence-electron chi connectivity index (χ3n) is 6.81. The van der Waals surface area contributed by atoms with Crippen LogP contribution in [0.15, 0.2) is 34.9 Å². The van der Waals surface area contributed by atoms with Gasteiger partial charge >= 0.3 is 0 Å². The number of fused-ring (bicyclic) bond motifs is 1. The summed E-state index contributed by atoms with van der Waals surface area (Å²) in [5.74, 6) is 1.79. The Hall–Kier alpha value is -1.85. The van der Waals surface area contributed by atoms with Gasteiger partial charge < -0.3 is 14.5 Å². The molecular weight excluding hydrogens is 364 g/mol. The van der Waals surface area contributed by atoms with Crippen molar-refractivity contribution < 1.29 is 13.9 Å². The number of carbonyl (C=O) groups excluding carboxylic acids is 1. The molecule has 0 spiro atoms. The Labute approximate surface area is 174 Å². The van der Waals surface area contributed by atoms with Crippen LogP contribution in [0, 0.1) is 5.92 Å². The molecule has 1 saturated carbocycles. The highest BCUT2D eigenvalue weighted by molar-refractivity contribution is 5.77. The Morgan fingerprint density at radius 1 is 1.17 bits per heavy atom. The summed E-state index contributed by atoms with van der Waals surface area (Å²) < 4.78 is 10.6. The second-order valence-electron chi connectivity index (χ2n) is 8.73. The molecule has 0 bridgehead atoms. The van der Waals surface area contributed by atoms with Crippen LogP contribution in [-0.4, -0.2) is 43.7 Å². The topological polar surface area (TPSA) is 54.7 Å². The fraction of sp³-hybridized carbons (Fsp3) is 0.625. The van der Waals surface area contributed by atoms with Gasteiger partial charge in [-0.15, -0.1) is 0 Å². The van der Waals surface area contributed by atoms with Crippen molar-refractivity contribution in [1.29, 1.82) is 0 Å². The van der Waals surface area contributed by atoms with E-state index < -0.39 is 0 Å². The van der Waals surface area contributed by atoms with Crippen LogP contribution < -0.4 is 5.32 Å². The van der Waals surface area contributed by atoms with Crippen LogP contribution in [0.3, 0.4) is 0 Å². The smallest absolute Gasteiger partial charge is 0.246 e. The van der Waals surface area contributed by atoms with E-state index in [-0.39, 0.29) is 12.5 Å². The van der Waals surface area contributed by atoms with Crippen LogP contribution in [0.5, 0.6) is 0 Å². The zero-order valence-corrected chi connectivity index (χ0v) is 17.6. The lowest BCUT2D eigenvalue weighted by molar-refractivity contribution is -0.125. The molecule has 4 aliphatic rings. The average Bonchev–Trinajstić information content (AvgIpc) is 3.23. The lowest BCUT2D eigenvalue weighted by Gasteiger charge is -2.38. The molecule has 4 rings (SSSR count). The number of likely N-dealkylation sites (tertiary alicyclic amines) is 1. The number of rotatable bonds is 7. The minimum Gasteiger partial charge on any atom is -0.464 e. The molecule has 0 aromatic carbocycles. The van der Waals surface area contributed by atoms with E-state index in [4.69, 9.17) is 9.15 Å². The molecule has 29 heavy (non-hydrogen) atoms. The maximum absolute atomic E-state index is 11.7. The molecule has 0 aromatic heterocycles. The third kappa shape index (κ3) is 5.01. The third-order valence-corrected chi connectivity index (χ3v) is 6.81. The number of hydrogen-bond donors (Lipinski definition) is 1. The summed E-state index contributed by atoms with van der Waals surface area (Å²) in [6.45, 7) is 2.53. The molecule has 1 amide bonds. The number of hydrogen-bond acceptors (Lipinski definition) is 4. The molecule has 0 aromatic rings. The van der Waals surface area contributed by atoms with Crippen LogP contribution in [0.2, 0.25) is 0 Å². The number of carbonyl (C=O) groups is 1. The Morgan fingerprint density at radius 3 is 2.86 bits per heavy atom. The van der Waals surface area contributed by atoms with E-state index in [2.05, 4.69) is 34.5 Å². The lowest BCUT2D eigenvalue weighted by atomic mass is 9.83. The van der Waals surface area contributed by atoms with Gasteiger partial charge in [0.15, 0.2) is 0 Å². The second kappa shape index (κ2) is 9.77. The van der Waals surface area contributed by atoms with Crippen LogP contribution in [0.1, 0.15) is 63.0 Å². The quantitative estimate of drug-likeness (QED) is 0.739. The van der Waals surface area contributed by atoms with Gasteiger partial charge in [0, 0.05) is 24.8 Å². The highest BCUT2D eigenvalue weighted by Gasteiger charge is 2.29. The monoisotopic (exact) mass is 398 g/mol. The largest absolute Gasteiger partial charge is 0.464 e. The first kappa shape index (κ1) is 20.4. The van der Waals surface area contributed by atoms with Crippen LogP contribution in [-0.2, 0) is 9.53 Å². The normalized spacial score (nSPS) is 25.9. The molecule has 1 N–H and O–H groups in total. The highest BCUT2D eigenvalue weighted by atomic mass is 16.5. The van der Waals surface area contributed by atoms with Crippen molar-refractivity contribution in [3.05, 3.63) is 36.1 Å². The molecular formula is C24H34N2O3. The fourth-order valence-corrected chi connectivity index (χ4v) is 5.26. The standard InChI is InChI=1S/C24H34N2O3/c1-28-17-24(27)25-19-10-8-18(9-11-19)12-15-26-14-3-2-6-22(26)20-13-16-29-23-7-4-5-21(20)23/h4-5,7,13,16,18-19,22H,2-3,6,8-12,14-15,17H2,1H3,(H,25,27). The molecule has 1 unspecified atom stereocenters. The first-order chi connectivity index (χ1) is 14.2. The summed E-state index contributed by atoms with van der Waals surface area (Å²) in [5.41, 5.74) is 2.71. The Bertz CT molecular complexity index is 750. The van der Waals surface area contributed by atoms with Crippen molar-refractivity contribution in [3.8, 4) is 11.3 Å². The Morgan fingerprint density at radius 2 is 2.03 bits per heavy atom. The number of piperidine rings is 1. The van der Waals surface area contributed by atoms with Crippen molar-refractivity contribution in [2.75, 3.05) is 26.8 Å². The maximum atomic E-state index is 11.7. The summed E-state index contributed by atoms with van der Waals surface area (Å²) in [7, 11) is 1.57. The minimum atomic E-state index is 0.0144. The summed E-state index contributed by atoms with van der Waals surface area (Å²) in [5, 5.41) is 3.11. The number of nitrogens with one attached hydrogen (secondary N) is 1. The SMILES string of the molecule is COCC(=O)NC1CCC(CCN2CCCCC2c2ccoc3cccc2-3)CC1. The average molecular weight is 399 g/mol. The van der Waals surface area contributed by atoms with E-state index in [9.17, 15) is 4.79 Å². The molecule has 158 valence electrons. The van der Waals surface area contributed by atoms with Gasteiger partial charge in [-0.2, -0.15) is 0 Å². The molecule has 2 heterocycles. The predicted molar refractivity (Wildman–Crippen MR) is 114 cm³/mol. The number of nitrogens with zero attached hydrogens (tertiary/aromatic N) is 1. The second-order valence-corrected chi connectivity index (χ2v) is 8.73. The first-order valence-electron chi connectivity index (χ1n) is 11.2. The van der Waals surface area contributed by atoms with Crippen molar-refractivity contribution in [2.45, 2.75) is 63.5 Å². The van der Waals surface area contributed by atoms with Gasteiger partial charge in [0.25, 0.3) is 0 Å². The molecule has 5 heteroatoms. The van der Waals surface area contributed by atoms with E-state index in [1.54, 1.807) is 7.11 Å². The van der Waals surface area contributed by atoms with Gasteiger partial charge in [-0.05, 0) is 81.6 Å². The number of ether oxygens (including phenoxy) is 1. The maximum Gasteiger partial charge on any atom is 0.246 e. The van der Waals surface area contributed by atoms with E-state index in [1.165, 1.54) is 62.7 Å². The predicted octanol–water partition coefficient (Wildman–Crippen LogP) is 4.62. The van der Waals surface area contributed by atoms with E-state index >= 15 is 0 Å². The number of amides is 1. The van der Waals surface area contributed by atoms with Gasteiger partial charge in [-0.1, -0.05) is 18.6 Å². The van der Waals surface area contributed by atoms with Crippen molar-refractivity contribution in [1.82, 2.24) is 10.2 Å². The molecule has 2 fully saturated rings. The highest BCUT2D eigenvalue weighted by Crippen LogP contribution is 2.39. The van der Waals surface area contributed by atoms with Crippen LogP contribution >= 0.6 is 0 Å². The van der Waals surface area contributed by atoms with Crippen molar-refractivity contribution in [2.24, 2.45) is 5.92 Å². The minimum absolute atomic E-state index is 0.0144. The molecule has 5 nitrogen and oxygen atoms in total. The van der Waals surface area contributed by atoms with Gasteiger partial charge in [-0.3, -0.25) is 9.69 Å². The van der Waals surface area contributed by atoms with Crippen molar-refractivity contribution >= 4 is 5.91 Å². The zero-order chi connectivity index (χ0) is 20.1. The van der Waals surface area contributed by atoms with Gasteiger partial charge in [0.1, 0.15) is 12.4 Å². The fourth-order valence-electron chi connectivity index (χ4n) is 5.26. The van der Waals surface area contributed by atoms with Gasteiger partial charge in [-0.25, -0.2) is 0 Å². The molecule has 2 aliphatic heterocycles. The van der Waals surface area contributed by atoms with E-state index in [0.717, 1.165) is 24.5 Å². The van der Waals surface area contributed by atoms with Gasteiger partial charge in [0.2, 0.25) is 5.91 Å². The van der Waals surface area contributed by atoms with Crippen molar-refractivity contribution in [3.63, 3.8) is 0 Å². The van der Waals surface area contributed by atoms with Crippen LogP contribution in [0.4, 0.5) is 0 Å².